The third-order valence-electron chi connectivity index (χ3n) is 3.84. The van der Waals surface area contributed by atoms with Crippen molar-refractivity contribution in [2.75, 3.05) is 13.7 Å². The molecule has 2 aromatic carbocycles. The summed E-state index contributed by atoms with van der Waals surface area (Å²) in [7, 11) is 1.67. The van der Waals surface area contributed by atoms with Crippen LogP contribution in [0.25, 0.3) is 0 Å². The molecule has 0 unspecified atom stereocenters. The van der Waals surface area contributed by atoms with Gasteiger partial charge in [0.1, 0.15) is 5.75 Å². The van der Waals surface area contributed by atoms with Crippen LogP contribution in [-0.4, -0.2) is 19.8 Å². The second kappa shape index (κ2) is 11.2. The highest BCUT2D eigenvalue weighted by atomic mass is 16.5. The maximum Gasteiger partial charge on any atom is 0.118 e. The summed E-state index contributed by atoms with van der Waals surface area (Å²) in [4.78, 5) is 0. The van der Waals surface area contributed by atoms with E-state index >= 15 is 0 Å². The van der Waals surface area contributed by atoms with Crippen molar-refractivity contribution in [2.24, 2.45) is 0 Å². The van der Waals surface area contributed by atoms with E-state index in [-0.39, 0.29) is 6.04 Å². The van der Waals surface area contributed by atoms with Gasteiger partial charge in [-0.25, -0.2) is 0 Å². The Bertz CT molecular complexity index is 635. The van der Waals surface area contributed by atoms with E-state index in [0.29, 0.717) is 13.2 Å². The molecule has 0 aromatic heterocycles. The Hall–Kier alpha value is -2.36. The summed E-state index contributed by atoms with van der Waals surface area (Å²) in [5, 5.41) is 3.46. The van der Waals surface area contributed by atoms with Crippen LogP contribution in [0.4, 0.5) is 0 Å². The Morgan fingerprint density at radius 3 is 2.48 bits per heavy atom. The molecule has 0 aliphatic heterocycles. The number of methoxy groups -OCH3 is 1. The standard InChI is InChI=1S/C22H27NO2/c1-3-21(23-17-19-9-5-4-6-10-19)11-7-8-16-25-18-20-12-14-22(24-2)15-13-20/h3-7,9-15,21,23H,1,8,16-18H2,2H3/b11-7+/t21-/m0/s1. The molecule has 3 heteroatoms. The van der Waals surface area contributed by atoms with Crippen molar-refractivity contribution in [1.82, 2.24) is 5.32 Å². The molecule has 0 bridgehead atoms. The second-order valence-electron chi connectivity index (χ2n) is 5.75. The van der Waals surface area contributed by atoms with Gasteiger partial charge in [0.05, 0.1) is 20.3 Å². The summed E-state index contributed by atoms with van der Waals surface area (Å²) in [5.41, 5.74) is 2.42. The van der Waals surface area contributed by atoms with E-state index in [1.807, 2.05) is 36.4 Å². The molecule has 25 heavy (non-hydrogen) atoms. The highest BCUT2D eigenvalue weighted by molar-refractivity contribution is 5.26. The summed E-state index contributed by atoms with van der Waals surface area (Å²) in [6.07, 6.45) is 7.07. The molecule has 0 amide bonds. The van der Waals surface area contributed by atoms with Gasteiger partial charge in [0.15, 0.2) is 0 Å². The van der Waals surface area contributed by atoms with Gasteiger partial charge in [-0.2, -0.15) is 0 Å². The Kier molecular flexibility index (Phi) is 8.53. The van der Waals surface area contributed by atoms with Crippen LogP contribution in [0.5, 0.6) is 5.75 Å². The summed E-state index contributed by atoms with van der Waals surface area (Å²) >= 11 is 0. The molecule has 0 fully saturated rings. The molecule has 0 heterocycles. The van der Waals surface area contributed by atoms with Gasteiger partial charge in [0, 0.05) is 12.6 Å². The lowest BCUT2D eigenvalue weighted by Crippen LogP contribution is -2.24. The third kappa shape index (κ3) is 7.38. The first kappa shape index (κ1) is 19.0. The third-order valence-corrected chi connectivity index (χ3v) is 3.84. The minimum absolute atomic E-state index is 0.168. The molecule has 132 valence electrons. The smallest absolute Gasteiger partial charge is 0.118 e. The van der Waals surface area contributed by atoms with Crippen molar-refractivity contribution in [3.63, 3.8) is 0 Å². The predicted octanol–water partition coefficient (Wildman–Crippen LogP) is 4.50. The van der Waals surface area contributed by atoms with Crippen molar-refractivity contribution >= 4 is 0 Å². The molecule has 2 aromatic rings. The highest BCUT2D eigenvalue weighted by Gasteiger charge is 1.99. The normalized spacial score (nSPS) is 12.2. The predicted molar refractivity (Wildman–Crippen MR) is 104 cm³/mol. The molecule has 0 radical (unpaired) electrons. The summed E-state index contributed by atoms with van der Waals surface area (Å²) in [5.74, 6) is 0.866. The van der Waals surface area contributed by atoms with Gasteiger partial charge in [-0.05, 0) is 29.7 Å². The maximum absolute atomic E-state index is 5.70. The average molecular weight is 337 g/mol. The van der Waals surface area contributed by atoms with Crippen molar-refractivity contribution < 1.29 is 9.47 Å². The minimum atomic E-state index is 0.168. The fourth-order valence-electron chi connectivity index (χ4n) is 2.37. The van der Waals surface area contributed by atoms with E-state index in [0.717, 1.165) is 24.3 Å². The van der Waals surface area contributed by atoms with Crippen molar-refractivity contribution in [3.05, 3.63) is 90.5 Å². The summed E-state index contributed by atoms with van der Waals surface area (Å²) in [6, 6.07) is 18.5. The van der Waals surface area contributed by atoms with Crippen molar-refractivity contribution in [2.45, 2.75) is 25.6 Å². The van der Waals surface area contributed by atoms with Crippen molar-refractivity contribution in [1.29, 1.82) is 0 Å². The zero-order chi connectivity index (χ0) is 17.7. The number of benzene rings is 2. The highest BCUT2D eigenvalue weighted by Crippen LogP contribution is 2.12. The first-order valence-electron chi connectivity index (χ1n) is 8.59. The summed E-state index contributed by atoms with van der Waals surface area (Å²) < 4.78 is 10.8. The van der Waals surface area contributed by atoms with Crippen molar-refractivity contribution in [3.8, 4) is 5.75 Å². The molecule has 2 rings (SSSR count). The lowest BCUT2D eigenvalue weighted by atomic mass is 10.2. The SMILES string of the molecule is C=C[C@@H](/C=C/CCOCc1ccc(OC)cc1)NCc1ccccc1. The number of hydrogen-bond donors (Lipinski definition) is 1. The van der Waals surface area contributed by atoms with E-state index in [4.69, 9.17) is 9.47 Å². The average Bonchev–Trinajstić information content (AvgIpc) is 2.68. The van der Waals surface area contributed by atoms with Crippen LogP contribution < -0.4 is 10.1 Å². The fraction of sp³-hybridized carbons (Fsp3) is 0.273. The second-order valence-corrected chi connectivity index (χ2v) is 5.75. The van der Waals surface area contributed by atoms with Gasteiger partial charge < -0.3 is 14.8 Å². The van der Waals surface area contributed by atoms with E-state index in [1.54, 1.807) is 7.11 Å². The van der Waals surface area contributed by atoms with Crippen LogP contribution in [0, 0.1) is 0 Å². The minimum Gasteiger partial charge on any atom is -0.497 e. The molecule has 0 aliphatic carbocycles. The number of nitrogens with one attached hydrogen (secondary N) is 1. The van der Waals surface area contributed by atoms with Gasteiger partial charge in [0.25, 0.3) is 0 Å². The van der Waals surface area contributed by atoms with Gasteiger partial charge in [-0.1, -0.05) is 60.7 Å². The topological polar surface area (TPSA) is 30.5 Å². The molecule has 0 saturated carbocycles. The van der Waals surface area contributed by atoms with Crippen LogP contribution in [0.2, 0.25) is 0 Å². The molecule has 0 aliphatic rings. The van der Waals surface area contributed by atoms with Crippen LogP contribution in [0.1, 0.15) is 17.5 Å². The number of hydrogen-bond acceptors (Lipinski definition) is 3. The molecule has 0 spiro atoms. The van der Waals surface area contributed by atoms with Gasteiger partial charge >= 0.3 is 0 Å². The molecular formula is C22H27NO2. The Morgan fingerprint density at radius 1 is 1.04 bits per heavy atom. The van der Waals surface area contributed by atoms with Crippen LogP contribution in [0.3, 0.4) is 0 Å². The monoisotopic (exact) mass is 337 g/mol. The van der Waals surface area contributed by atoms with Gasteiger partial charge in [-0.3, -0.25) is 0 Å². The molecular weight excluding hydrogens is 310 g/mol. The van der Waals surface area contributed by atoms with Crippen LogP contribution in [0.15, 0.2) is 79.4 Å². The lowest BCUT2D eigenvalue weighted by Gasteiger charge is -2.10. The summed E-state index contributed by atoms with van der Waals surface area (Å²) in [6.45, 7) is 6.04. The lowest BCUT2D eigenvalue weighted by molar-refractivity contribution is 0.125. The van der Waals surface area contributed by atoms with Crippen LogP contribution >= 0.6 is 0 Å². The molecule has 1 N–H and O–H groups in total. The largest absolute Gasteiger partial charge is 0.497 e. The van der Waals surface area contributed by atoms with E-state index in [2.05, 4.69) is 48.3 Å². The van der Waals surface area contributed by atoms with Crippen LogP contribution in [-0.2, 0) is 17.9 Å². The first-order chi connectivity index (χ1) is 12.3. The first-order valence-corrected chi connectivity index (χ1v) is 8.59. The molecule has 0 saturated heterocycles. The number of rotatable bonds is 11. The zero-order valence-corrected chi connectivity index (χ0v) is 14.9. The quantitative estimate of drug-likeness (QED) is 0.484. The molecule has 1 atom stereocenters. The number of ether oxygens (including phenoxy) is 2. The van der Waals surface area contributed by atoms with Gasteiger partial charge in [0.2, 0.25) is 0 Å². The Balaban J connectivity index is 1.62. The Morgan fingerprint density at radius 2 is 1.80 bits per heavy atom. The van der Waals surface area contributed by atoms with E-state index < -0.39 is 0 Å². The van der Waals surface area contributed by atoms with Gasteiger partial charge in [-0.15, -0.1) is 6.58 Å². The maximum atomic E-state index is 5.70. The van der Waals surface area contributed by atoms with E-state index in [9.17, 15) is 0 Å². The van der Waals surface area contributed by atoms with E-state index in [1.165, 1.54) is 5.56 Å². The fourth-order valence-corrected chi connectivity index (χ4v) is 2.37. The zero-order valence-electron chi connectivity index (χ0n) is 14.9. The molecule has 3 nitrogen and oxygen atoms in total. The Labute approximate surface area is 151 Å².